The summed E-state index contributed by atoms with van der Waals surface area (Å²) in [5, 5.41) is 5.47. The molecule has 4 nitrogen and oxygen atoms in total. The van der Waals surface area contributed by atoms with Crippen LogP contribution < -0.4 is 5.32 Å². The number of pyridine rings is 2. The number of hydrogen-bond acceptors (Lipinski definition) is 4. The number of hydrogen-bond donors (Lipinski definition) is 1. The molecule has 0 aliphatic carbocycles. The van der Waals surface area contributed by atoms with Crippen LogP contribution in [0.25, 0.3) is 10.9 Å². The normalized spacial score (nSPS) is 11.0. The monoisotopic (exact) mass is 419 g/mol. The van der Waals surface area contributed by atoms with Crippen molar-refractivity contribution in [2.24, 2.45) is 0 Å². The van der Waals surface area contributed by atoms with Gasteiger partial charge in [0.15, 0.2) is 5.82 Å². The fourth-order valence-electron chi connectivity index (χ4n) is 2.84. The third-order valence-electron chi connectivity index (χ3n) is 4.15. The Balaban J connectivity index is 1.75. The number of nitrogens with zero attached hydrogens (tertiary/aromatic N) is 2. The lowest BCUT2D eigenvalue weighted by molar-refractivity contribution is -0.113. The smallest absolute Gasteiger partial charge is 0.235 e. The minimum atomic E-state index is -0.198. The number of anilines is 1. The molecule has 0 atom stereocenters. The first-order valence-corrected chi connectivity index (χ1v) is 10.1. The molecule has 0 aliphatic heterocycles. The molecule has 0 radical (unpaired) electrons. The highest BCUT2D eigenvalue weighted by Crippen LogP contribution is 2.28. The Bertz CT molecular complexity index is 1050. The second-order valence-corrected chi connectivity index (χ2v) is 8.29. The second-order valence-electron chi connectivity index (χ2n) is 6.48. The van der Waals surface area contributed by atoms with Gasteiger partial charge in [-0.25, -0.2) is 9.97 Å². The average Bonchev–Trinajstić information content (AvgIpc) is 2.59. The van der Waals surface area contributed by atoms with E-state index in [-0.39, 0.29) is 11.7 Å². The minimum Gasteiger partial charge on any atom is -0.309 e. The highest BCUT2D eigenvalue weighted by atomic mass is 35.5. The topological polar surface area (TPSA) is 54.9 Å². The zero-order valence-corrected chi connectivity index (χ0v) is 17.8. The van der Waals surface area contributed by atoms with E-state index < -0.39 is 0 Å². The number of fused-ring (bicyclic) bond motifs is 1. The molecule has 27 heavy (non-hydrogen) atoms. The van der Waals surface area contributed by atoms with E-state index in [0.29, 0.717) is 21.6 Å². The molecule has 0 saturated heterocycles. The highest BCUT2D eigenvalue weighted by Gasteiger charge is 2.12. The largest absolute Gasteiger partial charge is 0.309 e. The van der Waals surface area contributed by atoms with Crippen LogP contribution in [0.2, 0.25) is 10.0 Å². The molecule has 0 saturated carbocycles. The first-order valence-electron chi connectivity index (χ1n) is 8.38. The number of aromatic nitrogens is 2. The number of aryl methyl sites for hydroxylation is 4. The van der Waals surface area contributed by atoms with Crippen LogP contribution in [0.3, 0.4) is 0 Å². The number of carbonyl (C=O) groups excluding carboxylic acids is 1. The van der Waals surface area contributed by atoms with Crippen LogP contribution >= 0.6 is 35.0 Å². The van der Waals surface area contributed by atoms with Gasteiger partial charge in [-0.2, -0.15) is 0 Å². The number of thioether (sulfide) groups is 1. The predicted molar refractivity (Wildman–Crippen MR) is 114 cm³/mol. The van der Waals surface area contributed by atoms with Gasteiger partial charge in [0.05, 0.1) is 32.0 Å². The van der Waals surface area contributed by atoms with Crippen LogP contribution in [0.15, 0.2) is 29.3 Å². The molecule has 0 unspecified atom stereocenters. The van der Waals surface area contributed by atoms with Gasteiger partial charge < -0.3 is 5.32 Å². The van der Waals surface area contributed by atoms with Crippen molar-refractivity contribution in [1.82, 2.24) is 9.97 Å². The lowest BCUT2D eigenvalue weighted by atomic mass is 10.0. The average molecular weight is 420 g/mol. The second kappa shape index (κ2) is 8.05. The summed E-state index contributed by atoms with van der Waals surface area (Å²) in [6.07, 6.45) is 0. The molecule has 2 heterocycles. The molecule has 1 aromatic carbocycles. The number of amides is 1. The van der Waals surface area contributed by atoms with Gasteiger partial charge in [0, 0.05) is 5.39 Å². The van der Waals surface area contributed by atoms with Crippen LogP contribution in [0.1, 0.15) is 22.4 Å². The number of nitrogens with one attached hydrogen (secondary N) is 1. The number of halogens is 2. The number of benzene rings is 1. The van der Waals surface area contributed by atoms with Crippen molar-refractivity contribution in [2.45, 2.75) is 32.7 Å². The lowest BCUT2D eigenvalue weighted by Gasteiger charge is -2.10. The van der Waals surface area contributed by atoms with Gasteiger partial charge in [-0.1, -0.05) is 46.6 Å². The van der Waals surface area contributed by atoms with Crippen molar-refractivity contribution in [3.05, 3.63) is 56.7 Å². The van der Waals surface area contributed by atoms with E-state index in [1.807, 2.05) is 6.07 Å². The molecule has 7 heteroatoms. The van der Waals surface area contributed by atoms with Crippen LogP contribution in [0, 0.1) is 27.7 Å². The first-order chi connectivity index (χ1) is 12.7. The molecule has 140 valence electrons. The van der Waals surface area contributed by atoms with Crippen LogP contribution in [-0.4, -0.2) is 21.6 Å². The number of carbonyl (C=O) groups is 1. The maximum atomic E-state index is 12.3. The van der Waals surface area contributed by atoms with Crippen molar-refractivity contribution in [2.75, 3.05) is 11.1 Å². The SMILES string of the molecule is Cc1cc(C)c2nc(SCC(=O)Nc3nc(C)c(Cl)cc3Cl)cc(C)c2c1. The highest BCUT2D eigenvalue weighted by molar-refractivity contribution is 7.99. The molecule has 1 amide bonds. The first kappa shape index (κ1) is 19.9. The molecule has 0 fully saturated rings. The fraction of sp³-hybridized carbons (Fsp3) is 0.250. The van der Waals surface area contributed by atoms with E-state index >= 15 is 0 Å². The van der Waals surface area contributed by atoms with Crippen molar-refractivity contribution in [3.8, 4) is 0 Å². The minimum absolute atomic E-state index is 0.198. The summed E-state index contributed by atoms with van der Waals surface area (Å²) < 4.78 is 0. The van der Waals surface area contributed by atoms with Crippen molar-refractivity contribution < 1.29 is 4.79 Å². The van der Waals surface area contributed by atoms with E-state index in [1.54, 1.807) is 13.0 Å². The summed E-state index contributed by atoms with van der Waals surface area (Å²) >= 11 is 13.5. The summed E-state index contributed by atoms with van der Waals surface area (Å²) in [5.41, 5.74) is 5.08. The lowest BCUT2D eigenvalue weighted by Crippen LogP contribution is -2.16. The van der Waals surface area contributed by atoms with E-state index in [9.17, 15) is 4.79 Å². The van der Waals surface area contributed by atoms with Crippen molar-refractivity contribution in [3.63, 3.8) is 0 Å². The van der Waals surface area contributed by atoms with Gasteiger partial charge in [-0.3, -0.25) is 4.79 Å². The van der Waals surface area contributed by atoms with Crippen molar-refractivity contribution >= 4 is 57.6 Å². The summed E-state index contributed by atoms with van der Waals surface area (Å²) in [5.74, 6) is 0.331. The molecule has 0 bridgehead atoms. The molecule has 0 aliphatic rings. The van der Waals surface area contributed by atoms with E-state index in [2.05, 4.69) is 43.2 Å². The zero-order valence-electron chi connectivity index (χ0n) is 15.5. The molecule has 1 N–H and O–H groups in total. The molecule has 3 aromatic rings. The zero-order chi connectivity index (χ0) is 19.7. The summed E-state index contributed by atoms with van der Waals surface area (Å²) in [6.45, 7) is 7.96. The fourth-order valence-corrected chi connectivity index (χ4v) is 4.02. The Labute approximate surface area is 172 Å². The quantitative estimate of drug-likeness (QED) is 0.534. The van der Waals surface area contributed by atoms with Gasteiger partial charge >= 0.3 is 0 Å². The van der Waals surface area contributed by atoms with E-state index in [0.717, 1.165) is 27.1 Å². The van der Waals surface area contributed by atoms with Gasteiger partial charge in [0.2, 0.25) is 5.91 Å². The third-order valence-corrected chi connectivity index (χ3v) is 5.73. The Morgan fingerprint density at radius 1 is 1.00 bits per heavy atom. The predicted octanol–water partition coefficient (Wildman–Crippen LogP) is 5.90. The standard InChI is InChI=1S/C20H19Cl2N3OS/c1-10-5-12(3)19-14(6-10)11(2)7-18(25-19)27-9-17(26)24-20-16(22)8-15(21)13(4)23-20/h5-8H,9H2,1-4H3,(H,23,24,26). The van der Waals surface area contributed by atoms with E-state index in [1.165, 1.54) is 17.3 Å². The van der Waals surface area contributed by atoms with Gasteiger partial charge in [0.25, 0.3) is 0 Å². The summed E-state index contributed by atoms with van der Waals surface area (Å²) in [6, 6.07) is 7.85. The Kier molecular flexibility index (Phi) is 5.94. The molecule has 3 rings (SSSR count). The van der Waals surface area contributed by atoms with Crippen LogP contribution in [0.4, 0.5) is 5.82 Å². The molecule has 0 spiro atoms. The van der Waals surface area contributed by atoms with Gasteiger partial charge in [-0.05, 0) is 57.0 Å². The maximum absolute atomic E-state index is 12.3. The molecular formula is C20H19Cl2N3OS. The Morgan fingerprint density at radius 2 is 1.74 bits per heavy atom. The van der Waals surface area contributed by atoms with Gasteiger partial charge in [-0.15, -0.1) is 0 Å². The van der Waals surface area contributed by atoms with E-state index in [4.69, 9.17) is 28.2 Å². The Hall–Kier alpha value is -1.82. The van der Waals surface area contributed by atoms with Crippen molar-refractivity contribution in [1.29, 1.82) is 0 Å². The summed E-state index contributed by atoms with van der Waals surface area (Å²) in [7, 11) is 0. The molecule has 2 aromatic heterocycles. The number of rotatable bonds is 4. The molecular weight excluding hydrogens is 401 g/mol. The maximum Gasteiger partial charge on any atom is 0.235 e. The Morgan fingerprint density at radius 3 is 2.48 bits per heavy atom. The van der Waals surface area contributed by atoms with Gasteiger partial charge in [0.1, 0.15) is 0 Å². The van der Waals surface area contributed by atoms with Crippen LogP contribution in [-0.2, 0) is 4.79 Å². The summed E-state index contributed by atoms with van der Waals surface area (Å²) in [4.78, 5) is 21.2. The third kappa shape index (κ3) is 4.54. The van der Waals surface area contributed by atoms with Crippen LogP contribution in [0.5, 0.6) is 0 Å².